The van der Waals surface area contributed by atoms with E-state index in [9.17, 15) is 55.5 Å². The molecule has 3 rings (SSSR count). The van der Waals surface area contributed by atoms with Gasteiger partial charge in [-0.25, -0.2) is 9.59 Å². The van der Waals surface area contributed by atoms with Crippen molar-refractivity contribution < 1.29 is 69.8 Å². The first-order chi connectivity index (χ1) is 15.9. The first-order valence-corrected chi connectivity index (χ1v) is 9.48. The van der Waals surface area contributed by atoms with Gasteiger partial charge in [0.2, 0.25) is 0 Å². The van der Waals surface area contributed by atoms with E-state index >= 15 is 0 Å². The normalized spacial score (nSPS) is 24.4. The number of phenolic OH excluding ortho intramolecular Hbond substituents is 6. The van der Waals surface area contributed by atoms with Crippen LogP contribution >= 0.6 is 0 Å². The van der Waals surface area contributed by atoms with E-state index in [4.69, 9.17) is 14.2 Å². The number of aromatic hydroxyl groups is 6. The van der Waals surface area contributed by atoms with Crippen molar-refractivity contribution in [3.63, 3.8) is 0 Å². The second-order valence-electron chi connectivity index (χ2n) is 7.20. The molecule has 0 spiro atoms. The predicted molar refractivity (Wildman–Crippen MR) is 105 cm³/mol. The molecule has 184 valence electrons. The Morgan fingerprint density at radius 3 is 1.50 bits per heavy atom. The van der Waals surface area contributed by atoms with Gasteiger partial charge < -0.3 is 60.2 Å². The van der Waals surface area contributed by atoms with Crippen molar-refractivity contribution in [2.45, 2.75) is 30.7 Å². The van der Waals surface area contributed by atoms with E-state index in [1.54, 1.807) is 0 Å². The molecule has 0 amide bonds. The lowest BCUT2D eigenvalue weighted by molar-refractivity contribution is -0.285. The highest BCUT2D eigenvalue weighted by Gasteiger charge is 2.49. The Kier molecular flexibility index (Phi) is 6.88. The monoisotopic (exact) mass is 484 g/mol. The zero-order valence-electron chi connectivity index (χ0n) is 17.0. The molecule has 2 aromatic carbocycles. The maximum absolute atomic E-state index is 12.5. The van der Waals surface area contributed by atoms with Crippen LogP contribution in [0.1, 0.15) is 20.7 Å². The van der Waals surface area contributed by atoms with E-state index < -0.39 is 94.9 Å². The van der Waals surface area contributed by atoms with Crippen molar-refractivity contribution in [3.05, 3.63) is 35.4 Å². The van der Waals surface area contributed by atoms with Gasteiger partial charge in [-0.15, -0.1) is 0 Å². The van der Waals surface area contributed by atoms with Gasteiger partial charge in [-0.2, -0.15) is 0 Å². The molecule has 1 fully saturated rings. The van der Waals surface area contributed by atoms with Gasteiger partial charge in [0.15, 0.2) is 53.0 Å². The summed E-state index contributed by atoms with van der Waals surface area (Å²) in [7, 11) is 0. The molecule has 1 saturated heterocycles. The van der Waals surface area contributed by atoms with Crippen LogP contribution in [0.15, 0.2) is 24.3 Å². The minimum Gasteiger partial charge on any atom is -0.504 e. The summed E-state index contributed by atoms with van der Waals surface area (Å²) in [6.07, 6.45) is -9.15. The molecule has 0 aromatic heterocycles. The molecule has 9 N–H and O–H groups in total. The number of aliphatic hydroxyl groups is 3. The number of benzene rings is 2. The summed E-state index contributed by atoms with van der Waals surface area (Å²) < 4.78 is 15.1. The van der Waals surface area contributed by atoms with E-state index in [2.05, 4.69) is 0 Å². The average Bonchev–Trinajstić information content (AvgIpc) is 2.79. The number of carbonyl (C=O) groups is 2. The summed E-state index contributed by atoms with van der Waals surface area (Å²) in [6, 6.07) is 2.91. The summed E-state index contributed by atoms with van der Waals surface area (Å²) in [4.78, 5) is 25.0. The molecule has 5 atom stereocenters. The number of aliphatic hydroxyl groups excluding tert-OH is 3. The maximum Gasteiger partial charge on any atom is 0.339 e. The minimum atomic E-state index is -2.04. The van der Waals surface area contributed by atoms with Crippen molar-refractivity contribution in [3.8, 4) is 34.5 Å². The summed E-state index contributed by atoms with van der Waals surface area (Å²) >= 11 is 0. The van der Waals surface area contributed by atoms with Gasteiger partial charge in [0.05, 0.1) is 17.7 Å². The van der Waals surface area contributed by atoms with Crippen LogP contribution in [0, 0.1) is 0 Å². The van der Waals surface area contributed by atoms with Crippen LogP contribution in [0.5, 0.6) is 34.5 Å². The van der Waals surface area contributed by atoms with E-state index in [1.807, 2.05) is 0 Å². The van der Waals surface area contributed by atoms with Crippen LogP contribution in [-0.2, 0) is 14.2 Å². The molecule has 2 aromatic rings. The molecule has 14 nitrogen and oxygen atoms in total. The maximum atomic E-state index is 12.5. The van der Waals surface area contributed by atoms with E-state index in [1.165, 1.54) is 0 Å². The highest BCUT2D eigenvalue weighted by Crippen LogP contribution is 2.37. The van der Waals surface area contributed by atoms with Crippen LogP contribution in [0.2, 0.25) is 0 Å². The Labute approximate surface area is 189 Å². The van der Waals surface area contributed by atoms with E-state index in [0.29, 0.717) is 0 Å². The first kappa shape index (κ1) is 24.7. The molecule has 34 heavy (non-hydrogen) atoms. The van der Waals surface area contributed by atoms with Crippen molar-refractivity contribution in [2.24, 2.45) is 0 Å². The van der Waals surface area contributed by atoms with Gasteiger partial charge in [0.1, 0.15) is 12.2 Å². The third kappa shape index (κ3) is 4.69. The Bertz CT molecular complexity index is 1050. The molecule has 1 aliphatic heterocycles. The number of phenols is 6. The Balaban J connectivity index is 1.89. The van der Waals surface area contributed by atoms with E-state index in [-0.39, 0.29) is 0 Å². The van der Waals surface area contributed by atoms with Crippen molar-refractivity contribution >= 4 is 11.9 Å². The molecule has 1 aliphatic rings. The average molecular weight is 484 g/mol. The van der Waals surface area contributed by atoms with Crippen LogP contribution in [0.4, 0.5) is 0 Å². The molecular weight excluding hydrogens is 464 g/mol. The minimum absolute atomic E-state index is 0.500. The quantitative estimate of drug-likeness (QED) is 0.178. The van der Waals surface area contributed by atoms with Crippen LogP contribution in [0.3, 0.4) is 0 Å². The summed E-state index contributed by atoms with van der Waals surface area (Å²) in [5.74, 6) is -7.93. The van der Waals surface area contributed by atoms with E-state index in [0.717, 1.165) is 24.3 Å². The summed E-state index contributed by atoms with van der Waals surface area (Å²) in [6.45, 7) is -0.840. The lowest BCUT2D eigenvalue weighted by atomic mass is 9.98. The van der Waals surface area contributed by atoms with Crippen molar-refractivity contribution in [2.75, 3.05) is 6.61 Å². The molecule has 0 saturated carbocycles. The van der Waals surface area contributed by atoms with Gasteiger partial charge in [-0.3, -0.25) is 0 Å². The molecule has 1 unspecified atom stereocenters. The van der Waals surface area contributed by atoms with Crippen LogP contribution in [0.25, 0.3) is 0 Å². The molecule has 1 heterocycles. The molecule has 0 bridgehead atoms. The zero-order chi connectivity index (χ0) is 25.3. The third-order valence-electron chi connectivity index (χ3n) is 4.91. The largest absolute Gasteiger partial charge is 0.504 e. The number of ether oxygens (including phenoxy) is 3. The standard InChI is InChI=1S/C20H20O14/c21-5-12-15(28)16(33-18(29)6-1-8(22)13(26)9(23)2-6)17(20(31)32-12)34-19(30)7-3-10(24)14(27)11(25)4-7/h1-4,12,15-17,20-28,31H,5H2/t12-,15-,16+,17-,20?/m1/s1. The van der Waals surface area contributed by atoms with Crippen molar-refractivity contribution in [1.29, 1.82) is 0 Å². The Morgan fingerprint density at radius 1 is 0.735 bits per heavy atom. The predicted octanol–water partition coefficient (Wildman–Crippen LogP) is -1.26. The summed E-state index contributed by atoms with van der Waals surface area (Å²) in [5, 5.41) is 87.2. The molecule has 0 aliphatic carbocycles. The molecular formula is C20H20O14. The fourth-order valence-corrected chi connectivity index (χ4v) is 3.15. The highest BCUT2D eigenvalue weighted by molar-refractivity contribution is 5.92. The molecule has 14 heteroatoms. The SMILES string of the molecule is O=C(O[C@H]1[C@H](O)[C@@H](CO)OC(O)[C@@H]1OC(=O)c1cc(O)c(O)c(O)c1)c1cc(O)c(O)c(O)c1. The second-order valence-corrected chi connectivity index (χ2v) is 7.20. The number of hydrogen-bond acceptors (Lipinski definition) is 14. The van der Waals surface area contributed by atoms with Gasteiger partial charge in [-0.1, -0.05) is 0 Å². The number of rotatable bonds is 5. The van der Waals surface area contributed by atoms with Gasteiger partial charge in [-0.05, 0) is 24.3 Å². The van der Waals surface area contributed by atoms with Gasteiger partial charge in [0, 0.05) is 0 Å². The Hall–Kier alpha value is -3.98. The fraction of sp³-hybridized carbons (Fsp3) is 0.300. The third-order valence-corrected chi connectivity index (χ3v) is 4.91. The number of carbonyl (C=O) groups excluding carboxylic acids is 2. The van der Waals surface area contributed by atoms with Crippen molar-refractivity contribution in [1.82, 2.24) is 0 Å². The lowest BCUT2D eigenvalue weighted by Gasteiger charge is -2.41. The number of esters is 2. The van der Waals surface area contributed by atoms with Crippen LogP contribution in [-0.4, -0.2) is 95.2 Å². The second kappa shape index (κ2) is 9.48. The lowest BCUT2D eigenvalue weighted by Crippen LogP contribution is -2.61. The first-order valence-electron chi connectivity index (χ1n) is 9.48. The topological polar surface area (TPSA) is 244 Å². The highest BCUT2D eigenvalue weighted by atomic mass is 16.7. The smallest absolute Gasteiger partial charge is 0.339 e. The van der Waals surface area contributed by atoms with Crippen LogP contribution < -0.4 is 0 Å². The zero-order valence-corrected chi connectivity index (χ0v) is 17.0. The number of hydrogen-bond donors (Lipinski definition) is 9. The Morgan fingerprint density at radius 2 is 1.12 bits per heavy atom. The van der Waals surface area contributed by atoms with Gasteiger partial charge >= 0.3 is 11.9 Å². The molecule has 0 radical (unpaired) electrons. The van der Waals surface area contributed by atoms with Gasteiger partial charge in [0.25, 0.3) is 0 Å². The summed E-state index contributed by atoms with van der Waals surface area (Å²) in [5.41, 5.74) is -1.00. The fourth-order valence-electron chi connectivity index (χ4n) is 3.15.